The van der Waals surface area contributed by atoms with Gasteiger partial charge in [-0.1, -0.05) is 12.8 Å². The Morgan fingerprint density at radius 1 is 1.21 bits per heavy atom. The van der Waals surface area contributed by atoms with Gasteiger partial charge in [0.2, 0.25) is 0 Å². The standard InChI is InChI=1S/C12H25NO/c1-10(2)13-8-6-4-5-7-12(13)9-11(3)14/h10-12,14H,4-9H2,1-3H3. The molecule has 1 aliphatic rings. The van der Waals surface area contributed by atoms with E-state index >= 15 is 0 Å². The topological polar surface area (TPSA) is 23.5 Å². The Kier molecular flexibility index (Phi) is 4.90. The molecule has 1 saturated heterocycles. The third-order valence-corrected chi connectivity index (χ3v) is 3.20. The minimum Gasteiger partial charge on any atom is -0.393 e. The molecule has 0 aromatic carbocycles. The van der Waals surface area contributed by atoms with Gasteiger partial charge in [0.05, 0.1) is 6.10 Å². The van der Waals surface area contributed by atoms with Gasteiger partial charge in [0.15, 0.2) is 0 Å². The summed E-state index contributed by atoms with van der Waals surface area (Å²) in [5.41, 5.74) is 0. The van der Waals surface area contributed by atoms with Crippen LogP contribution in [0.15, 0.2) is 0 Å². The lowest BCUT2D eigenvalue weighted by Crippen LogP contribution is -2.41. The van der Waals surface area contributed by atoms with E-state index in [-0.39, 0.29) is 6.10 Å². The molecule has 0 radical (unpaired) electrons. The summed E-state index contributed by atoms with van der Waals surface area (Å²) < 4.78 is 0. The molecule has 2 heteroatoms. The Bertz CT molecular complexity index is 156. The lowest BCUT2D eigenvalue weighted by Gasteiger charge is -2.34. The average Bonchev–Trinajstić information content (AvgIpc) is 2.28. The molecule has 0 aromatic heterocycles. The molecule has 0 amide bonds. The van der Waals surface area contributed by atoms with Crippen LogP contribution in [0, 0.1) is 0 Å². The molecule has 0 spiro atoms. The van der Waals surface area contributed by atoms with Crippen molar-refractivity contribution in [1.29, 1.82) is 0 Å². The van der Waals surface area contributed by atoms with Gasteiger partial charge in [0.25, 0.3) is 0 Å². The zero-order chi connectivity index (χ0) is 10.6. The van der Waals surface area contributed by atoms with E-state index in [1.54, 1.807) is 0 Å². The van der Waals surface area contributed by atoms with Gasteiger partial charge in [0, 0.05) is 12.1 Å². The minimum atomic E-state index is -0.153. The fourth-order valence-electron chi connectivity index (χ4n) is 2.53. The summed E-state index contributed by atoms with van der Waals surface area (Å²) in [6.45, 7) is 7.65. The van der Waals surface area contributed by atoms with Crippen LogP contribution in [-0.2, 0) is 0 Å². The van der Waals surface area contributed by atoms with E-state index in [1.165, 1.54) is 32.2 Å². The summed E-state index contributed by atoms with van der Waals surface area (Å²) in [6, 6.07) is 1.23. The number of hydrogen-bond acceptors (Lipinski definition) is 2. The van der Waals surface area contributed by atoms with E-state index < -0.39 is 0 Å². The summed E-state index contributed by atoms with van der Waals surface area (Å²) in [5, 5.41) is 9.47. The highest BCUT2D eigenvalue weighted by molar-refractivity contribution is 4.79. The molecule has 1 N–H and O–H groups in total. The molecule has 1 aliphatic heterocycles. The summed E-state index contributed by atoms with van der Waals surface area (Å²) >= 11 is 0. The maximum absolute atomic E-state index is 9.47. The first-order valence-corrected chi connectivity index (χ1v) is 6.05. The summed E-state index contributed by atoms with van der Waals surface area (Å²) in [7, 11) is 0. The predicted octanol–water partition coefficient (Wildman–Crippen LogP) is 2.41. The lowest BCUT2D eigenvalue weighted by atomic mass is 10.0. The minimum absolute atomic E-state index is 0.153. The van der Waals surface area contributed by atoms with E-state index in [2.05, 4.69) is 18.7 Å². The van der Waals surface area contributed by atoms with Crippen molar-refractivity contribution in [3.05, 3.63) is 0 Å². The quantitative estimate of drug-likeness (QED) is 0.754. The molecular weight excluding hydrogens is 174 g/mol. The molecule has 1 heterocycles. The third kappa shape index (κ3) is 3.58. The molecule has 14 heavy (non-hydrogen) atoms. The van der Waals surface area contributed by atoms with Crippen molar-refractivity contribution < 1.29 is 5.11 Å². The van der Waals surface area contributed by atoms with Gasteiger partial charge in [-0.25, -0.2) is 0 Å². The van der Waals surface area contributed by atoms with Crippen LogP contribution in [0.4, 0.5) is 0 Å². The zero-order valence-corrected chi connectivity index (χ0v) is 9.87. The third-order valence-electron chi connectivity index (χ3n) is 3.20. The lowest BCUT2D eigenvalue weighted by molar-refractivity contribution is 0.0932. The second-order valence-electron chi connectivity index (χ2n) is 4.92. The fourth-order valence-corrected chi connectivity index (χ4v) is 2.53. The number of hydrogen-bond donors (Lipinski definition) is 1. The predicted molar refractivity (Wildman–Crippen MR) is 60.4 cm³/mol. The highest BCUT2D eigenvalue weighted by atomic mass is 16.3. The van der Waals surface area contributed by atoms with E-state index in [0.717, 1.165) is 6.42 Å². The molecule has 1 fully saturated rings. The van der Waals surface area contributed by atoms with Crippen LogP contribution in [-0.4, -0.2) is 34.7 Å². The molecule has 0 aromatic rings. The number of rotatable bonds is 3. The Hall–Kier alpha value is -0.0800. The van der Waals surface area contributed by atoms with Gasteiger partial charge in [0.1, 0.15) is 0 Å². The second kappa shape index (κ2) is 5.72. The Balaban J connectivity index is 2.54. The van der Waals surface area contributed by atoms with Gasteiger partial charge in [-0.05, 0) is 46.6 Å². The summed E-state index contributed by atoms with van der Waals surface area (Å²) in [4.78, 5) is 2.57. The molecule has 1 rings (SSSR count). The number of likely N-dealkylation sites (tertiary alicyclic amines) is 1. The highest BCUT2D eigenvalue weighted by Gasteiger charge is 2.23. The van der Waals surface area contributed by atoms with Crippen molar-refractivity contribution in [2.24, 2.45) is 0 Å². The van der Waals surface area contributed by atoms with Crippen molar-refractivity contribution in [1.82, 2.24) is 4.90 Å². The molecule has 0 saturated carbocycles. The van der Waals surface area contributed by atoms with Crippen LogP contribution in [0.3, 0.4) is 0 Å². The van der Waals surface area contributed by atoms with Crippen molar-refractivity contribution in [3.8, 4) is 0 Å². The monoisotopic (exact) mass is 199 g/mol. The maximum atomic E-state index is 9.47. The summed E-state index contributed by atoms with van der Waals surface area (Å²) in [5.74, 6) is 0. The van der Waals surface area contributed by atoms with Crippen LogP contribution in [0.5, 0.6) is 0 Å². The van der Waals surface area contributed by atoms with Gasteiger partial charge in [-0.3, -0.25) is 4.90 Å². The van der Waals surface area contributed by atoms with Crippen LogP contribution in [0.25, 0.3) is 0 Å². The van der Waals surface area contributed by atoms with Gasteiger partial charge in [-0.15, -0.1) is 0 Å². The fraction of sp³-hybridized carbons (Fsp3) is 1.00. The molecule has 2 atom stereocenters. The van der Waals surface area contributed by atoms with Crippen molar-refractivity contribution in [2.45, 2.75) is 71.1 Å². The van der Waals surface area contributed by atoms with Crippen LogP contribution in [0.2, 0.25) is 0 Å². The molecule has 0 aliphatic carbocycles. The number of aliphatic hydroxyl groups excluding tert-OH is 1. The van der Waals surface area contributed by atoms with Crippen LogP contribution in [0.1, 0.15) is 52.9 Å². The van der Waals surface area contributed by atoms with Crippen molar-refractivity contribution in [3.63, 3.8) is 0 Å². The molecule has 84 valence electrons. The number of nitrogens with zero attached hydrogens (tertiary/aromatic N) is 1. The zero-order valence-electron chi connectivity index (χ0n) is 9.87. The SMILES string of the molecule is CC(O)CC1CCCCCN1C(C)C. The Labute approximate surface area is 88.3 Å². The van der Waals surface area contributed by atoms with E-state index in [0.29, 0.717) is 12.1 Å². The maximum Gasteiger partial charge on any atom is 0.0527 e. The van der Waals surface area contributed by atoms with E-state index in [9.17, 15) is 5.11 Å². The first kappa shape index (κ1) is 12.0. The normalized spacial score (nSPS) is 27.6. The Morgan fingerprint density at radius 3 is 2.50 bits per heavy atom. The van der Waals surface area contributed by atoms with Crippen LogP contribution >= 0.6 is 0 Å². The van der Waals surface area contributed by atoms with Gasteiger partial charge >= 0.3 is 0 Å². The Morgan fingerprint density at radius 2 is 1.93 bits per heavy atom. The molecule has 2 nitrogen and oxygen atoms in total. The largest absolute Gasteiger partial charge is 0.393 e. The molecule has 0 bridgehead atoms. The highest BCUT2D eigenvalue weighted by Crippen LogP contribution is 2.22. The average molecular weight is 199 g/mol. The van der Waals surface area contributed by atoms with Gasteiger partial charge in [-0.2, -0.15) is 0 Å². The second-order valence-corrected chi connectivity index (χ2v) is 4.92. The first-order valence-electron chi connectivity index (χ1n) is 6.05. The van der Waals surface area contributed by atoms with Crippen molar-refractivity contribution >= 4 is 0 Å². The smallest absolute Gasteiger partial charge is 0.0527 e. The van der Waals surface area contributed by atoms with Crippen LogP contribution < -0.4 is 0 Å². The first-order chi connectivity index (χ1) is 6.61. The number of aliphatic hydroxyl groups is 1. The molecular formula is C12H25NO. The molecule has 2 unspecified atom stereocenters. The summed E-state index contributed by atoms with van der Waals surface area (Å²) in [6.07, 6.45) is 6.08. The van der Waals surface area contributed by atoms with Crippen molar-refractivity contribution in [2.75, 3.05) is 6.54 Å². The van der Waals surface area contributed by atoms with E-state index in [4.69, 9.17) is 0 Å². The van der Waals surface area contributed by atoms with Gasteiger partial charge < -0.3 is 5.11 Å². The van der Waals surface area contributed by atoms with E-state index in [1.807, 2.05) is 6.92 Å².